The van der Waals surface area contributed by atoms with E-state index in [0.29, 0.717) is 13.2 Å². The number of hydrogen-bond donors (Lipinski definition) is 2. The average Bonchev–Trinajstić information content (AvgIpc) is 2.38. The van der Waals surface area contributed by atoms with Gasteiger partial charge in [-0.3, -0.25) is 14.9 Å². The third kappa shape index (κ3) is 4.36. The van der Waals surface area contributed by atoms with E-state index in [1.807, 2.05) is 0 Å². The molecule has 2 atom stereocenters. The largest absolute Gasteiger partial charge is 0.377 e. The monoisotopic (exact) mass is 291 g/mol. The number of urea groups is 1. The molecule has 0 saturated carbocycles. The number of nitrogens with zero attached hydrogens (tertiary/aromatic N) is 1. The molecule has 19 heavy (non-hydrogen) atoms. The maximum absolute atomic E-state index is 11.9. The van der Waals surface area contributed by atoms with Gasteiger partial charge in [-0.25, -0.2) is 4.79 Å². The van der Waals surface area contributed by atoms with Crippen LogP contribution in [-0.4, -0.2) is 60.5 Å². The van der Waals surface area contributed by atoms with Gasteiger partial charge < -0.3 is 15.0 Å². The third-order valence-corrected chi connectivity index (χ3v) is 2.83. The van der Waals surface area contributed by atoms with Crippen LogP contribution in [0.25, 0.3) is 0 Å². The standard InChI is InChI=1S/C11H18ClN3O4/c1-3-13-10(17)8-6-19-5-4-15(8)11(18)14-9(16)7(2)12/h7-8H,3-6H2,1-2H3,(H,13,17)(H,14,16,18). The third-order valence-electron chi connectivity index (χ3n) is 2.63. The first-order valence-electron chi connectivity index (χ1n) is 6.08. The van der Waals surface area contributed by atoms with Gasteiger partial charge in [0, 0.05) is 13.1 Å². The second-order valence-corrected chi connectivity index (χ2v) is 4.74. The lowest BCUT2D eigenvalue weighted by atomic mass is 10.2. The molecule has 0 bridgehead atoms. The predicted molar refractivity (Wildman–Crippen MR) is 68.9 cm³/mol. The van der Waals surface area contributed by atoms with E-state index >= 15 is 0 Å². The molecule has 0 aromatic heterocycles. The highest BCUT2D eigenvalue weighted by molar-refractivity contribution is 6.31. The second-order valence-electron chi connectivity index (χ2n) is 4.09. The van der Waals surface area contributed by atoms with Gasteiger partial charge in [0.15, 0.2) is 0 Å². The van der Waals surface area contributed by atoms with E-state index in [1.165, 1.54) is 11.8 Å². The summed E-state index contributed by atoms with van der Waals surface area (Å²) >= 11 is 5.57. The summed E-state index contributed by atoms with van der Waals surface area (Å²) in [6.07, 6.45) is 0. The number of ether oxygens (including phenoxy) is 1. The van der Waals surface area contributed by atoms with Gasteiger partial charge in [0.2, 0.25) is 11.8 Å². The van der Waals surface area contributed by atoms with E-state index < -0.39 is 23.4 Å². The Kier molecular flexibility index (Phi) is 6.04. The molecular formula is C11H18ClN3O4. The molecule has 2 unspecified atom stereocenters. The van der Waals surface area contributed by atoms with E-state index in [2.05, 4.69) is 10.6 Å². The van der Waals surface area contributed by atoms with Gasteiger partial charge in [-0.1, -0.05) is 0 Å². The minimum atomic E-state index is -0.812. The van der Waals surface area contributed by atoms with E-state index in [-0.39, 0.29) is 19.1 Å². The van der Waals surface area contributed by atoms with Gasteiger partial charge >= 0.3 is 6.03 Å². The topological polar surface area (TPSA) is 87.7 Å². The molecule has 0 aliphatic carbocycles. The molecule has 1 fully saturated rings. The Morgan fingerprint density at radius 2 is 2.16 bits per heavy atom. The number of likely N-dealkylation sites (N-methyl/N-ethyl adjacent to an activating group) is 1. The fourth-order valence-electron chi connectivity index (χ4n) is 1.63. The number of carbonyl (C=O) groups is 3. The summed E-state index contributed by atoms with van der Waals surface area (Å²) in [4.78, 5) is 36.4. The van der Waals surface area contributed by atoms with Crippen LogP contribution in [0.15, 0.2) is 0 Å². The lowest BCUT2D eigenvalue weighted by molar-refractivity contribution is -0.131. The van der Waals surface area contributed by atoms with E-state index in [4.69, 9.17) is 16.3 Å². The molecule has 0 radical (unpaired) electrons. The van der Waals surface area contributed by atoms with Crippen molar-refractivity contribution in [3.63, 3.8) is 0 Å². The van der Waals surface area contributed by atoms with Crippen molar-refractivity contribution in [3.05, 3.63) is 0 Å². The molecule has 7 nitrogen and oxygen atoms in total. The number of imide groups is 1. The van der Waals surface area contributed by atoms with Crippen LogP contribution in [0.1, 0.15) is 13.8 Å². The molecular weight excluding hydrogens is 274 g/mol. The van der Waals surface area contributed by atoms with Crippen molar-refractivity contribution < 1.29 is 19.1 Å². The fraction of sp³-hybridized carbons (Fsp3) is 0.727. The van der Waals surface area contributed by atoms with Crippen molar-refractivity contribution in [2.75, 3.05) is 26.3 Å². The summed E-state index contributed by atoms with van der Waals surface area (Å²) in [7, 11) is 0. The molecule has 1 rings (SSSR count). The highest BCUT2D eigenvalue weighted by Gasteiger charge is 2.33. The summed E-state index contributed by atoms with van der Waals surface area (Å²) in [5.74, 6) is -0.892. The number of carbonyl (C=O) groups excluding carboxylic acids is 3. The van der Waals surface area contributed by atoms with Crippen molar-refractivity contribution in [2.45, 2.75) is 25.3 Å². The lowest BCUT2D eigenvalue weighted by Gasteiger charge is -2.34. The summed E-state index contributed by atoms with van der Waals surface area (Å²) in [6.45, 7) is 4.40. The van der Waals surface area contributed by atoms with Crippen LogP contribution >= 0.6 is 11.6 Å². The van der Waals surface area contributed by atoms with E-state index in [9.17, 15) is 14.4 Å². The Hall–Kier alpha value is -1.34. The Labute approximate surface area is 116 Å². The maximum Gasteiger partial charge on any atom is 0.324 e. The minimum Gasteiger partial charge on any atom is -0.377 e. The van der Waals surface area contributed by atoms with Crippen LogP contribution < -0.4 is 10.6 Å². The minimum absolute atomic E-state index is 0.115. The normalized spacial score (nSPS) is 20.6. The number of hydrogen-bond acceptors (Lipinski definition) is 4. The van der Waals surface area contributed by atoms with Gasteiger partial charge in [-0.05, 0) is 13.8 Å². The van der Waals surface area contributed by atoms with Crippen LogP contribution in [0.3, 0.4) is 0 Å². The highest BCUT2D eigenvalue weighted by atomic mass is 35.5. The summed E-state index contributed by atoms with van der Waals surface area (Å²) in [5.41, 5.74) is 0. The van der Waals surface area contributed by atoms with Crippen molar-refractivity contribution in [1.29, 1.82) is 0 Å². The molecule has 1 saturated heterocycles. The van der Waals surface area contributed by atoms with Crippen molar-refractivity contribution >= 4 is 29.4 Å². The highest BCUT2D eigenvalue weighted by Crippen LogP contribution is 2.08. The number of morpholine rings is 1. The number of halogens is 1. The zero-order chi connectivity index (χ0) is 14.4. The molecule has 0 spiro atoms. The van der Waals surface area contributed by atoms with Gasteiger partial charge in [-0.15, -0.1) is 11.6 Å². The Morgan fingerprint density at radius 1 is 1.47 bits per heavy atom. The lowest BCUT2D eigenvalue weighted by Crippen LogP contribution is -2.59. The van der Waals surface area contributed by atoms with Gasteiger partial charge in [0.25, 0.3) is 0 Å². The Balaban J connectivity index is 2.68. The zero-order valence-corrected chi connectivity index (χ0v) is 11.7. The van der Waals surface area contributed by atoms with Gasteiger partial charge in [0.05, 0.1) is 13.2 Å². The van der Waals surface area contributed by atoms with E-state index in [0.717, 1.165) is 0 Å². The van der Waals surface area contributed by atoms with Crippen LogP contribution in [0.4, 0.5) is 4.79 Å². The van der Waals surface area contributed by atoms with Crippen LogP contribution in [0.2, 0.25) is 0 Å². The Bertz CT molecular complexity index is 362. The van der Waals surface area contributed by atoms with Crippen LogP contribution in [0.5, 0.6) is 0 Å². The number of rotatable bonds is 3. The quantitative estimate of drug-likeness (QED) is 0.698. The first-order chi connectivity index (χ1) is 8.97. The molecule has 0 aromatic rings. The molecule has 0 aromatic carbocycles. The molecule has 8 heteroatoms. The Morgan fingerprint density at radius 3 is 2.74 bits per heavy atom. The average molecular weight is 292 g/mol. The molecule has 108 valence electrons. The van der Waals surface area contributed by atoms with Crippen molar-refractivity contribution in [1.82, 2.24) is 15.5 Å². The summed E-state index contributed by atoms with van der Waals surface area (Å²) in [5, 5.41) is 3.97. The molecule has 1 aliphatic heterocycles. The van der Waals surface area contributed by atoms with Crippen LogP contribution in [0, 0.1) is 0 Å². The zero-order valence-electron chi connectivity index (χ0n) is 10.9. The molecule has 1 heterocycles. The van der Waals surface area contributed by atoms with Gasteiger partial charge in [-0.2, -0.15) is 0 Å². The maximum atomic E-state index is 11.9. The van der Waals surface area contributed by atoms with Crippen molar-refractivity contribution in [3.8, 4) is 0 Å². The van der Waals surface area contributed by atoms with E-state index in [1.54, 1.807) is 6.92 Å². The number of nitrogens with one attached hydrogen (secondary N) is 2. The first-order valence-corrected chi connectivity index (χ1v) is 6.52. The number of alkyl halides is 1. The predicted octanol–water partition coefficient (Wildman–Crippen LogP) is -0.313. The van der Waals surface area contributed by atoms with Gasteiger partial charge in [0.1, 0.15) is 11.4 Å². The molecule has 2 N–H and O–H groups in total. The summed E-state index contributed by atoms with van der Waals surface area (Å²) in [6, 6.07) is -1.36. The first kappa shape index (κ1) is 15.7. The second kappa shape index (κ2) is 7.30. The van der Waals surface area contributed by atoms with Crippen molar-refractivity contribution in [2.24, 2.45) is 0 Å². The smallest absolute Gasteiger partial charge is 0.324 e. The molecule has 4 amide bonds. The van der Waals surface area contributed by atoms with Crippen LogP contribution in [-0.2, 0) is 14.3 Å². The number of amides is 4. The summed E-state index contributed by atoms with van der Waals surface area (Å²) < 4.78 is 5.19. The SMILES string of the molecule is CCNC(=O)C1COCCN1C(=O)NC(=O)C(C)Cl. The fourth-order valence-corrected chi connectivity index (χ4v) is 1.69. The molecule has 1 aliphatic rings.